The van der Waals surface area contributed by atoms with Gasteiger partial charge in [0.25, 0.3) is 0 Å². The molecule has 0 spiro atoms. The van der Waals surface area contributed by atoms with Crippen molar-refractivity contribution in [2.45, 2.75) is 33.1 Å². The minimum absolute atomic E-state index is 0.490. The molecule has 2 nitrogen and oxygen atoms in total. The minimum atomic E-state index is -0.767. The lowest BCUT2D eigenvalue weighted by Crippen LogP contribution is -2.15. The van der Waals surface area contributed by atoms with Crippen molar-refractivity contribution in [2.75, 3.05) is 0 Å². The smallest absolute Gasteiger partial charge is 0.311 e. The number of carboxylic acid groups (broad SMARTS) is 1. The Hall–Kier alpha value is -2.09. The van der Waals surface area contributed by atoms with Gasteiger partial charge in [-0.05, 0) is 55.0 Å². The van der Waals surface area contributed by atoms with Gasteiger partial charge in [0.1, 0.15) is 0 Å². The van der Waals surface area contributed by atoms with E-state index in [2.05, 4.69) is 6.92 Å². The highest BCUT2D eigenvalue weighted by Gasteiger charge is 2.21. The first-order chi connectivity index (χ1) is 9.49. The van der Waals surface area contributed by atoms with Crippen molar-refractivity contribution in [1.29, 1.82) is 0 Å². The summed E-state index contributed by atoms with van der Waals surface area (Å²) >= 11 is 0. The summed E-state index contributed by atoms with van der Waals surface area (Å²) in [5.41, 5.74) is 5.48. The molecule has 0 aliphatic carbocycles. The fourth-order valence-corrected chi connectivity index (χ4v) is 2.47. The number of hydrogen-bond acceptors (Lipinski definition) is 1. The third kappa shape index (κ3) is 3.08. The van der Waals surface area contributed by atoms with Crippen LogP contribution < -0.4 is 0 Å². The largest absolute Gasteiger partial charge is 0.481 e. The Kier molecular flexibility index (Phi) is 4.23. The zero-order chi connectivity index (χ0) is 14.7. The van der Waals surface area contributed by atoms with Gasteiger partial charge in [-0.25, -0.2) is 0 Å². The van der Waals surface area contributed by atoms with Gasteiger partial charge in [-0.2, -0.15) is 0 Å². The molecule has 0 aromatic heterocycles. The standard InChI is InChI=1S/C18H20O2/c1-12-9-16(10-13(2)14(12)3)17(18(19)20)11-15-7-5-4-6-8-15/h4-10,17H,11H2,1-3H3,(H,19,20). The predicted molar refractivity (Wildman–Crippen MR) is 81.2 cm³/mol. The van der Waals surface area contributed by atoms with Gasteiger partial charge in [-0.15, -0.1) is 0 Å². The van der Waals surface area contributed by atoms with Gasteiger partial charge in [0.2, 0.25) is 0 Å². The van der Waals surface area contributed by atoms with E-state index in [4.69, 9.17) is 0 Å². The second-order valence-corrected chi connectivity index (χ2v) is 5.36. The topological polar surface area (TPSA) is 37.3 Å². The molecule has 0 aliphatic rings. The van der Waals surface area contributed by atoms with E-state index in [1.807, 2.05) is 56.3 Å². The average Bonchev–Trinajstić information content (AvgIpc) is 2.42. The fraction of sp³-hybridized carbons (Fsp3) is 0.278. The molecule has 1 N–H and O–H groups in total. The van der Waals surface area contributed by atoms with Crippen LogP contribution in [0.4, 0.5) is 0 Å². The highest BCUT2D eigenvalue weighted by molar-refractivity contribution is 5.76. The van der Waals surface area contributed by atoms with Crippen LogP contribution in [0.15, 0.2) is 42.5 Å². The number of aryl methyl sites for hydroxylation is 2. The van der Waals surface area contributed by atoms with Crippen LogP contribution in [-0.4, -0.2) is 11.1 Å². The molecule has 0 fully saturated rings. The maximum absolute atomic E-state index is 11.6. The SMILES string of the molecule is Cc1cc(C(Cc2ccccc2)C(=O)O)cc(C)c1C. The van der Waals surface area contributed by atoms with Gasteiger partial charge in [-0.3, -0.25) is 4.79 Å². The van der Waals surface area contributed by atoms with Crippen LogP contribution in [-0.2, 0) is 11.2 Å². The van der Waals surface area contributed by atoms with E-state index >= 15 is 0 Å². The molecule has 1 atom stereocenters. The third-order valence-electron chi connectivity index (χ3n) is 3.93. The normalized spacial score (nSPS) is 12.2. The van der Waals surface area contributed by atoms with Crippen LogP contribution in [0.1, 0.15) is 33.7 Å². The van der Waals surface area contributed by atoms with Gasteiger partial charge < -0.3 is 5.11 Å². The first kappa shape index (κ1) is 14.3. The van der Waals surface area contributed by atoms with E-state index in [9.17, 15) is 9.90 Å². The molecular formula is C18H20O2. The molecule has 2 aromatic rings. The molecule has 1 unspecified atom stereocenters. The van der Waals surface area contributed by atoms with Crippen LogP contribution in [0.3, 0.4) is 0 Å². The van der Waals surface area contributed by atoms with Crippen molar-refractivity contribution >= 4 is 5.97 Å². The lowest BCUT2D eigenvalue weighted by molar-refractivity contribution is -0.138. The molecule has 0 heterocycles. The zero-order valence-corrected chi connectivity index (χ0v) is 12.2. The molecular weight excluding hydrogens is 248 g/mol. The van der Waals surface area contributed by atoms with Crippen LogP contribution in [0.5, 0.6) is 0 Å². The number of carbonyl (C=O) groups is 1. The Morgan fingerprint density at radius 3 is 2.10 bits per heavy atom. The van der Waals surface area contributed by atoms with Gasteiger partial charge >= 0.3 is 5.97 Å². The summed E-state index contributed by atoms with van der Waals surface area (Å²) in [6, 6.07) is 13.8. The van der Waals surface area contributed by atoms with E-state index in [0.29, 0.717) is 6.42 Å². The second kappa shape index (κ2) is 5.91. The van der Waals surface area contributed by atoms with Gasteiger partial charge in [0, 0.05) is 0 Å². The van der Waals surface area contributed by atoms with Crippen molar-refractivity contribution in [3.63, 3.8) is 0 Å². The van der Waals surface area contributed by atoms with E-state index in [0.717, 1.165) is 22.3 Å². The van der Waals surface area contributed by atoms with E-state index in [-0.39, 0.29) is 0 Å². The highest BCUT2D eigenvalue weighted by atomic mass is 16.4. The molecule has 2 rings (SSSR count). The average molecular weight is 268 g/mol. The number of carboxylic acids is 1. The Balaban J connectivity index is 2.37. The molecule has 0 bridgehead atoms. The summed E-state index contributed by atoms with van der Waals surface area (Å²) in [4.78, 5) is 11.6. The lowest BCUT2D eigenvalue weighted by Gasteiger charge is -2.16. The monoisotopic (exact) mass is 268 g/mol. The van der Waals surface area contributed by atoms with E-state index < -0.39 is 11.9 Å². The fourth-order valence-electron chi connectivity index (χ4n) is 2.47. The third-order valence-corrected chi connectivity index (χ3v) is 3.93. The van der Waals surface area contributed by atoms with Crippen LogP contribution in [0.25, 0.3) is 0 Å². The molecule has 0 saturated carbocycles. The molecule has 0 radical (unpaired) electrons. The van der Waals surface area contributed by atoms with Gasteiger partial charge in [0.15, 0.2) is 0 Å². The van der Waals surface area contributed by atoms with Crippen molar-refractivity contribution in [1.82, 2.24) is 0 Å². The lowest BCUT2D eigenvalue weighted by atomic mass is 9.88. The Morgan fingerprint density at radius 2 is 1.60 bits per heavy atom. The van der Waals surface area contributed by atoms with Crippen LogP contribution in [0.2, 0.25) is 0 Å². The molecule has 2 aromatic carbocycles. The van der Waals surface area contributed by atoms with Crippen LogP contribution in [0, 0.1) is 20.8 Å². The summed E-state index contributed by atoms with van der Waals surface area (Å²) in [7, 11) is 0. The molecule has 0 amide bonds. The summed E-state index contributed by atoms with van der Waals surface area (Å²) in [5.74, 6) is -1.26. The molecule has 104 valence electrons. The van der Waals surface area contributed by atoms with Gasteiger partial charge in [0.05, 0.1) is 5.92 Å². The van der Waals surface area contributed by atoms with Crippen molar-refractivity contribution in [2.24, 2.45) is 0 Å². The zero-order valence-electron chi connectivity index (χ0n) is 12.2. The molecule has 0 saturated heterocycles. The number of rotatable bonds is 4. The van der Waals surface area contributed by atoms with Crippen molar-refractivity contribution in [3.8, 4) is 0 Å². The maximum Gasteiger partial charge on any atom is 0.311 e. The first-order valence-corrected chi connectivity index (χ1v) is 6.83. The second-order valence-electron chi connectivity index (χ2n) is 5.36. The number of aliphatic carboxylic acids is 1. The quantitative estimate of drug-likeness (QED) is 0.909. The molecule has 0 aliphatic heterocycles. The van der Waals surface area contributed by atoms with Gasteiger partial charge in [-0.1, -0.05) is 42.5 Å². The summed E-state index contributed by atoms with van der Waals surface area (Å²) in [5, 5.41) is 9.54. The van der Waals surface area contributed by atoms with Crippen molar-refractivity contribution in [3.05, 3.63) is 70.3 Å². The summed E-state index contributed by atoms with van der Waals surface area (Å²) in [6.07, 6.45) is 0.526. The number of hydrogen-bond donors (Lipinski definition) is 1. The predicted octanol–water partition coefficient (Wildman–Crippen LogP) is 4.02. The summed E-state index contributed by atoms with van der Waals surface area (Å²) < 4.78 is 0. The Morgan fingerprint density at radius 1 is 1.05 bits per heavy atom. The highest BCUT2D eigenvalue weighted by Crippen LogP contribution is 2.25. The first-order valence-electron chi connectivity index (χ1n) is 6.83. The minimum Gasteiger partial charge on any atom is -0.481 e. The van der Waals surface area contributed by atoms with E-state index in [1.165, 1.54) is 5.56 Å². The Bertz CT molecular complexity index is 592. The van der Waals surface area contributed by atoms with E-state index in [1.54, 1.807) is 0 Å². The summed E-state index contributed by atoms with van der Waals surface area (Å²) in [6.45, 7) is 6.14. The maximum atomic E-state index is 11.6. The molecule has 2 heteroatoms. The van der Waals surface area contributed by atoms with Crippen LogP contribution >= 0.6 is 0 Å². The Labute approximate surface area is 120 Å². The molecule has 20 heavy (non-hydrogen) atoms. The van der Waals surface area contributed by atoms with Crippen molar-refractivity contribution < 1.29 is 9.90 Å². The number of benzene rings is 2.